The van der Waals surface area contributed by atoms with Crippen molar-refractivity contribution in [2.24, 2.45) is 4.99 Å². The van der Waals surface area contributed by atoms with E-state index in [-0.39, 0.29) is 5.91 Å². The Morgan fingerprint density at radius 2 is 1.77 bits per heavy atom. The fourth-order valence-electron chi connectivity index (χ4n) is 4.27. The molecule has 0 N–H and O–H groups in total. The van der Waals surface area contributed by atoms with Gasteiger partial charge < -0.3 is 9.64 Å². The molecule has 0 bridgehead atoms. The Balaban J connectivity index is 1.82. The van der Waals surface area contributed by atoms with Gasteiger partial charge >= 0.3 is 0 Å². The molecule has 0 radical (unpaired) electrons. The van der Waals surface area contributed by atoms with Crippen molar-refractivity contribution < 1.29 is 9.53 Å². The van der Waals surface area contributed by atoms with Crippen LogP contribution in [0, 0.1) is 6.92 Å². The predicted octanol–water partition coefficient (Wildman–Crippen LogP) is 5.31. The van der Waals surface area contributed by atoms with E-state index in [0.29, 0.717) is 6.54 Å². The fraction of sp³-hybridized carbons (Fsp3) is 0.154. The summed E-state index contributed by atoms with van der Waals surface area (Å²) in [5.41, 5.74) is 9.25. The first kappa shape index (κ1) is 18.4. The standard InChI is InChI=1S/C26H22N2O2/c1-16-8-10-18(11-9-16)25-21-14-19(30-3)12-13-20(21)26-22(25)15-28(17(2)29)24-7-5-4-6-23(24)27-26/h4-14H,15H2,1-3H3. The number of para-hydroxylation sites is 2. The number of nitrogens with zero attached hydrogens (tertiary/aromatic N) is 2. The molecular formula is C26H22N2O2. The van der Waals surface area contributed by atoms with Gasteiger partial charge in [-0.15, -0.1) is 0 Å². The zero-order valence-electron chi connectivity index (χ0n) is 17.3. The first-order valence-corrected chi connectivity index (χ1v) is 10.0. The summed E-state index contributed by atoms with van der Waals surface area (Å²) in [5.74, 6) is 0.808. The van der Waals surface area contributed by atoms with Crippen molar-refractivity contribution in [2.75, 3.05) is 18.6 Å². The van der Waals surface area contributed by atoms with Crippen molar-refractivity contribution in [1.82, 2.24) is 0 Å². The highest BCUT2D eigenvalue weighted by atomic mass is 16.5. The number of fused-ring (bicyclic) bond motifs is 4. The summed E-state index contributed by atoms with van der Waals surface area (Å²) in [5, 5.41) is 0. The van der Waals surface area contributed by atoms with Crippen LogP contribution in [0.25, 0.3) is 5.57 Å². The lowest BCUT2D eigenvalue weighted by molar-refractivity contribution is -0.116. The van der Waals surface area contributed by atoms with Gasteiger partial charge in [0.15, 0.2) is 0 Å². The number of rotatable bonds is 2. The number of anilines is 1. The van der Waals surface area contributed by atoms with Gasteiger partial charge in [-0.25, -0.2) is 4.99 Å². The summed E-state index contributed by atoms with van der Waals surface area (Å²) < 4.78 is 5.51. The van der Waals surface area contributed by atoms with E-state index in [1.807, 2.05) is 35.2 Å². The Hall–Kier alpha value is -3.66. The van der Waals surface area contributed by atoms with Crippen molar-refractivity contribution >= 4 is 28.6 Å². The Bertz CT molecular complexity index is 1240. The number of benzene rings is 3. The molecule has 0 aromatic heterocycles. The SMILES string of the molecule is COc1ccc2c(c1)C(c1ccc(C)cc1)=C1CN(C(C)=O)c3ccccc3N=C12. The highest BCUT2D eigenvalue weighted by Gasteiger charge is 2.33. The molecule has 1 aliphatic heterocycles. The van der Waals surface area contributed by atoms with Crippen LogP contribution in [-0.4, -0.2) is 25.3 Å². The number of carbonyl (C=O) groups excluding carboxylic acids is 1. The molecule has 3 aromatic rings. The normalized spacial score (nSPS) is 14.5. The highest BCUT2D eigenvalue weighted by Crippen LogP contribution is 2.44. The Morgan fingerprint density at radius 1 is 1.00 bits per heavy atom. The molecule has 4 nitrogen and oxygen atoms in total. The van der Waals surface area contributed by atoms with Gasteiger partial charge in [-0.05, 0) is 54.0 Å². The maximum Gasteiger partial charge on any atom is 0.224 e. The van der Waals surface area contributed by atoms with Crippen molar-refractivity contribution in [2.45, 2.75) is 13.8 Å². The maximum atomic E-state index is 12.6. The van der Waals surface area contributed by atoms with E-state index < -0.39 is 0 Å². The van der Waals surface area contributed by atoms with Crippen LogP contribution in [0.2, 0.25) is 0 Å². The zero-order valence-corrected chi connectivity index (χ0v) is 17.3. The minimum absolute atomic E-state index is 0.00296. The third-order valence-electron chi connectivity index (χ3n) is 5.78. The molecule has 5 rings (SSSR count). The smallest absolute Gasteiger partial charge is 0.224 e. The number of aryl methyl sites for hydroxylation is 1. The number of aliphatic imine (C=N–C) groups is 1. The number of carbonyl (C=O) groups is 1. The van der Waals surface area contributed by atoms with Gasteiger partial charge in [0, 0.05) is 18.1 Å². The van der Waals surface area contributed by atoms with Crippen molar-refractivity contribution in [3.05, 3.63) is 94.6 Å². The highest BCUT2D eigenvalue weighted by molar-refractivity contribution is 6.27. The second-order valence-corrected chi connectivity index (χ2v) is 7.69. The monoisotopic (exact) mass is 394 g/mol. The second kappa shape index (κ2) is 6.99. The molecule has 0 saturated carbocycles. The molecule has 148 valence electrons. The van der Waals surface area contributed by atoms with Crippen LogP contribution in [-0.2, 0) is 4.79 Å². The lowest BCUT2D eigenvalue weighted by Crippen LogP contribution is -2.31. The molecule has 3 aromatic carbocycles. The van der Waals surface area contributed by atoms with E-state index in [9.17, 15) is 4.79 Å². The average Bonchev–Trinajstić information content (AvgIpc) is 2.94. The summed E-state index contributed by atoms with van der Waals surface area (Å²) in [7, 11) is 1.68. The van der Waals surface area contributed by atoms with Crippen molar-refractivity contribution in [1.29, 1.82) is 0 Å². The zero-order chi connectivity index (χ0) is 20.8. The van der Waals surface area contributed by atoms with Gasteiger partial charge in [-0.2, -0.15) is 0 Å². The third-order valence-corrected chi connectivity index (χ3v) is 5.78. The van der Waals surface area contributed by atoms with Crippen LogP contribution < -0.4 is 9.64 Å². The van der Waals surface area contributed by atoms with Crippen LogP contribution >= 0.6 is 0 Å². The van der Waals surface area contributed by atoms with E-state index in [1.165, 1.54) is 5.56 Å². The minimum atomic E-state index is 0.00296. The summed E-state index contributed by atoms with van der Waals surface area (Å²) in [4.78, 5) is 19.5. The summed E-state index contributed by atoms with van der Waals surface area (Å²) >= 11 is 0. The van der Waals surface area contributed by atoms with E-state index in [0.717, 1.165) is 50.7 Å². The molecule has 30 heavy (non-hydrogen) atoms. The van der Waals surface area contributed by atoms with Crippen LogP contribution in [0.1, 0.15) is 29.2 Å². The van der Waals surface area contributed by atoms with Crippen LogP contribution in [0.4, 0.5) is 11.4 Å². The molecule has 0 saturated heterocycles. The molecule has 4 heteroatoms. The number of hydrogen-bond acceptors (Lipinski definition) is 3. The van der Waals surface area contributed by atoms with Crippen molar-refractivity contribution in [3.8, 4) is 5.75 Å². The molecule has 0 spiro atoms. The summed E-state index contributed by atoms with van der Waals surface area (Å²) in [6.07, 6.45) is 0. The van der Waals surface area contributed by atoms with Gasteiger partial charge in [0.05, 0.1) is 30.7 Å². The van der Waals surface area contributed by atoms with E-state index in [4.69, 9.17) is 9.73 Å². The maximum absolute atomic E-state index is 12.6. The average molecular weight is 394 g/mol. The third kappa shape index (κ3) is 2.84. The van der Waals surface area contributed by atoms with Gasteiger partial charge in [-0.3, -0.25) is 4.79 Å². The molecule has 1 aliphatic carbocycles. The molecule has 0 fully saturated rings. The first-order chi connectivity index (χ1) is 14.6. The second-order valence-electron chi connectivity index (χ2n) is 7.69. The van der Waals surface area contributed by atoms with Crippen LogP contribution in [0.15, 0.2) is 77.3 Å². The molecular weight excluding hydrogens is 372 g/mol. The predicted molar refractivity (Wildman–Crippen MR) is 121 cm³/mol. The number of ether oxygens (including phenoxy) is 1. The molecule has 1 amide bonds. The Morgan fingerprint density at radius 3 is 2.50 bits per heavy atom. The Kier molecular flexibility index (Phi) is 4.28. The number of hydrogen-bond donors (Lipinski definition) is 0. The van der Waals surface area contributed by atoms with Gasteiger partial charge in [0.1, 0.15) is 5.75 Å². The fourth-order valence-corrected chi connectivity index (χ4v) is 4.27. The quantitative estimate of drug-likeness (QED) is 0.591. The molecule has 0 atom stereocenters. The largest absolute Gasteiger partial charge is 0.497 e. The van der Waals surface area contributed by atoms with Crippen molar-refractivity contribution in [3.63, 3.8) is 0 Å². The summed E-state index contributed by atoms with van der Waals surface area (Å²) in [6, 6.07) is 22.5. The van der Waals surface area contributed by atoms with E-state index in [1.54, 1.807) is 14.0 Å². The van der Waals surface area contributed by atoms with E-state index >= 15 is 0 Å². The lowest BCUT2D eigenvalue weighted by atomic mass is 9.96. The Labute approximate surface area is 176 Å². The van der Waals surface area contributed by atoms with Gasteiger partial charge in [0.2, 0.25) is 5.91 Å². The molecule has 1 heterocycles. The first-order valence-electron chi connectivity index (χ1n) is 10.0. The summed E-state index contributed by atoms with van der Waals surface area (Å²) in [6.45, 7) is 4.17. The number of methoxy groups -OCH3 is 1. The van der Waals surface area contributed by atoms with Crippen LogP contribution in [0.5, 0.6) is 5.75 Å². The van der Waals surface area contributed by atoms with Gasteiger partial charge in [-0.1, -0.05) is 42.0 Å². The lowest BCUT2D eigenvalue weighted by Gasteiger charge is -2.22. The van der Waals surface area contributed by atoms with Gasteiger partial charge in [0.25, 0.3) is 0 Å². The molecule has 2 aliphatic rings. The molecule has 0 unspecified atom stereocenters. The van der Waals surface area contributed by atoms with Crippen LogP contribution in [0.3, 0.4) is 0 Å². The number of amides is 1. The minimum Gasteiger partial charge on any atom is -0.497 e. The van der Waals surface area contributed by atoms with E-state index in [2.05, 4.69) is 43.3 Å². The topological polar surface area (TPSA) is 41.9 Å².